The molecule has 1 fully saturated rings. The number of nitrogens with zero attached hydrogens (tertiary/aromatic N) is 1. The van der Waals surface area contributed by atoms with Crippen LogP contribution in [0.3, 0.4) is 0 Å². The van der Waals surface area contributed by atoms with Crippen LogP contribution in [0.25, 0.3) is 0 Å². The summed E-state index contributed by atoms with van der Waals surface area (Å²) in [6, 6.07) is 11.1. The van der Waals surface area contributed by atoms with Gasteiger partial charge >= 0.3 is 12.0 Å². The summed E-state index contributed by atoms with van der Waals surface area (Å²) in [6.07, 6.45) is 0. The molecule has 0 spiro atoms. The fourth-order valence-corrected chi connectivity index (χ4v) is 2.83. The Balaban J connectivity index is 1.85. The molecule has 0 aromatic heterocycles. The number of ether oxygens (including phenoxy) is 1. The highest BCUT2D eigenvalue weighted by molar-refractivity contribution is 6.09. The third kappa shape index (κ3) is 3.25. The van der Waals surface area contributed by atoms with Crippen LogP contribution in [0.4, 0.5) is 4.79 Å². The van der Waals surface area contributed by atoms with E-state index in [-0.39, 0.29) is 11.1 Å². The van der Waals surface area contributed by atoms with Crippen molar-refractivity contribution in [1.29, 1.82) is 0 Å². The van der Waals surface area contributed by atoms with Crippen molar-refractivity contribution < 1.29 is 29.0 Å². The molecule has 0 aliphatic carbocycles. The number of carboxylic acids is 1. The van der Waals surface area contributed by atoms with Crippen molar-refractivity contribution in [3.63, 3.8) is 0 Å². The first-order valence-corrected chi connectivity index (χ1v) is 8.22. The van der Waals surface area contributed by atoms with Gasteiger partial charge in [0.2, 0.25) is 0 Å². The van der Waals surface area contributed by atoms with E-state index in [1.54, 1.807) is 24.3 Å². The Bertz CT molecular complexity index is 989. The normalized spacial score (nSPS) is 18.6. The van der Waals surface area contributed by atoms with Gasteiger partial charge in [-0.05, 0) is 42.8 Å². The molecule has 3 rings (SSSR count). The van der Waals surface area contributed by atoms with Gasteiger partial charge in [-0.1, -0.05) is 18.2 Å². The SMILES string of the molecule is COc1cccc(C2(C)NC(=O)N(NC(=O)c3cccc(C(=O)O)c3)C2=O)c1. The highest BCUT2D eigenvalue weighted by Crippen LogP contribution is 2.30. The molecule has 144 valence electrons. The summed E-state index contributed by atoms with van der Waals surface area (Å²) in [5.74, 6) is -2.17. The Morgan fingerprint density at radius 3 is 2.46 bits per heavy atom. The predicted molar refractivity (Wildman–Crippen MR) is 96.6 cm³/mol. The summed E-state index contributed by atoms with van der Waals surface area (Å²) in [7, 11) is 1.48. The van der Waals surface area contributed by atoms with Crippen molar-refractivity contribution in [2.24, 2.45) is 0 Å². The molecule has 3 N–H and O–H groups in total. The van der Waals surface area contributed by atoms with Crippen LogP contribution in [0, 0.1) is 0 Å². The number of hydrogen-bond acceptors (Lipinski definition) is 5. The van der Waals surface area contributed by atoms with Gasteiger partial charge in [0.25, 0.3) is 11.8 Å². The standard InChI is InChI=1S/C19H17N3O6/c1-19(13-7-4-8-14(10-13)28-2)17(26)22(18(27)20-19)21-15(23)11-5-3-6-12(9-11)16(24)25/h3-10H,1-2H3,(H,20,27)(H,21,23)(H,24,25). The molecule has 1 unspecified atom stereocenters. The number of hydrogen-bond donors (Lipinski definition) is 3. The van der Waals surface area contributed by atoms with Gasteiger partial charge in [-0.15, -0.1) is 0 Å². The van der Waals surface area contributed by atoms with Crippen molar-refractivity contribution in [2.45, 2.75) is 12.5 Å². The molecule has 1 aliphatic heterocycles. The maximum absolute atomic E-state index is 12.9. The van der Waals surface area contributed by atoms with Gasteiger partial charge in [-0.2, -0.15) is 5.01 Å². The van der Waals surface area contributed by atoms with E-state index in [9.17, 15) is 19.2 Å². The third-order valence-electron chi connectivity index (χ3n) is 4.42. The monoisotopic (exact) mass is 383 g/mol. The Morgan fingerprint density at radius 2 is 1.79 bits per heavy atom. The fraction of sp³-hybridized carbons (Fsp3) is 0.158. The predicted octanol–water partition coefficient (Wildman–Crippen LogP) is 1.51. The first-order valence-electron chi connectivity index (χ1n) is 8.22. The van der Waals surface area contributed by atoms with Crippen molar-refractivity contribution in [3.8, 4) is 5.75 Å². The molecule has 28 heavy (non-hydrogen) atoms. The molecule has 0 bridgehead atoms. The third-order valence-corrected chi connectivity index (χ3v) is 4.42. The van der Waals surface area contributed by atoms with E-state index in [0.29, 0.717) is 16.3 Å². The number of imide groups is 1. The maximum atomic E-state index is 12.9. The lowest BCUT2D eigenvalue weighted by molar-refractivity contribution is -0.132. The zero-order valence-corrected chi connectivity index (χ0v) is 15.1. The Kier molecular flexibility index (Phi) is 4.74. The zero-order chi connectivity index (χ0) is 20.5. The highest BCUT2D eigenvalue weighted by Gasteiger charge is 2.50. The van der Waals surface area contributed by atoms with E-state index in [1.165, 1.54) is 32.2 Å². The minimum atomic E-state index is -1.40. The molecule has 1 atom stereocenters. The molecule has 1 aliphatic rings. The fourth-order valence-electron chi connectivity index (χ4n) is 2.83. The van der Waals surface area contributed by atoms with Crippen molar-refractivity contribution in [3.05, 3.63) is 65.2 Å². The highest BCUT2D eigenvalue weighted by atomic mass is 16.5. The molecular formula is C19H17N3O6. The van der Waals surface area contributed by atoms with E-state index in [0.717, 1.165) is 6.07 Å². The quantitative estimate of drug-likeness (QED) is 0.672. The molecule has 1 heterocycles. The van der Waals surface area contributed by atoms with Crippen LogP contribution in [0.1, 0.15) is 33.2 Å². The van der Waals surface area contributed by atoms with Crippen LogP contribution in [0.15, 0.2) is 48.5 Å². The number of amides is 4. The lowest BCUT2D eigenvalue weighted by Gasteiger charge is -2.22. The maximum Gasteiger partial charge on any atom is 0.344 e. The van der Waals surface area contributed by atoms with Crippen molar-refractivity contribution >= 4 is 23.8 Å². The van der Waals surface area contributed by atoms with E-state index in [2.05, 4.69) is 10.7 Å². The Labute approximate surface area is 159 Å². The second kappa shape index (κ2) is 7.03. The lowest BCUT2D eigenvalue weighted by Crippen LogP contribution is -2.47. The van der Waals surface area contributed by atoms with Crippen molar-refractivity contribution in [1.82, 2.24) is 15.8 Å². The molecule has 9 nitrogen and oxygen atoms in total. The minimum Gasteiger partial charge on any atom is -0.497 e. The second-order valence-corrected chi connectivity index (χ2v) is 6.25. The van der Waals surface area contributed by atoms with Crippen LogP contribution < -0.4 is 15.5 Å². The molecule has 1 saturated heterocycles. The number of rotatable bonds is 5. The zero-order valence-electron chi connectivity index (χ0n) is 15.1. The van der Waals surface area contributed by atoms with E-state index in [4.69, 9.17) is 9.84 Å². The number of carboxylic acid groups (broad SMARTS) is 1. The lowest BCUT2D eigenvalue weighted by atomic mass is 9.92. The first-order chi connectivity index (χ1) is 13.3. The number of urea groups is 1. The van der Waals surface area contributed by atoms with Gasteiger partial charge in [-0.25, -0.2) is 9.59 Å². The number of hydrazine groups is 1. The van der Waals surface area contributed by atoms with Crippen LogP contribution in [-0.2, 0) is 10.3 Å². The minimum absolute atomic E-state index is 0.00418. The van der Waals surface area contributed by atoms with Gasteiger partial charge in [0.15, 0.2) is 0 Å². The Hall–Kier alpha value is -3.88. The molecule has 9 heteroatoms. The molecule has 0 saturated carbocycles. The summed E-state index contributed by atoms with van der Waals surface area (Å²) in [6.45, 7) is 1.51. The second-order valence-electron chi connectivity index (χ2n) is 6.25. The Morgan fingerprint density at radius 1 is 1.11 bits per heavy atom. The largest absolute Gasteiger partial charge is 0.497 e. The average Bonchev–Trinajstić information content (AvgIpc) is 2.92. The van der Waals surface area contributed by atoms with Crippen molar-refractivity contribution in [2.75, 3.05) is 7.11 Å². The molecule has 2 aromatic carbocycles. The average molecular weight is 383 g/mol. The first kappa shape index (κ1) is 18.9. The molecule has 2 aromatic rings. The molecular weight excluding hydrogens is 366 g/mol. The number of nitrogens with one attached hydrogen (secondary N) is 2. The topological polar surface area (TPSA) is 125 Å². The van der Waals surface area contributed by atoms with Gasteiger partial charge in [0, 0.05) is 5.56 Å². The number of carbonyl (C=O) groups excluding carboxylic acids is 3. The van der Waals surface area contributed by atoms with Crippen LogP contribution in [0.5, 0.6) is 5.75 Å². The number of aromatic carboxylic acids is 1. The van der Waals surface area contributed by atoms with E-state index in [1.807, 2.05) is 0 Å². The van der Waals surface area contributed by atoms with Crippen LogP contribution in [0.2, 0.25) is 0 Å². The molecule has 4 amide bonds. The van der Waals surface area contributed by atoms with Gasteiger partial charge in [0.05, 0.1) is 12.7 Å². The van der Waals surface area contributed by atoms with Crippen LogP contribution in [-0.4, -0.2) is 41.0 Å². The number of benzene rings is 2. The summed E-state index contributed by atoms with van der Waals surface area (Å²) in [4.78, 5) is 48.7. The summed E-state index contributed by atoms with van der Waals surface area (Å²) in [5.41, 5.74) is 1.21. The number of carbonyl (C=O) groups is 4. The summed E-state index contributed by atoms with van der Waals surface area (Å²) >= 11 is 0. The molecule has 0 radical (unpaired) electrons. The smallest absolute Gasteiger partial charge is 0.344 e. The van der Waals surface area contributed by atoms with E-state index >= 15 is 0 Å². The summed E-state index contributed by atoms with van der Waals surface area (Å²) in [5, 5.41) is 12.2. The van der Waals surface area contributed by atoms with E-state index < -0.39 is 29.4 Å². The van der Waals surface area contributed by atoms with Gasteiger partial charge in [0.1, 0.15) is 11.3 Å². The van der Waals surface area contributed by atoms with Crippen LogP contribution >= 0.6 is 0 Å². The number of methoxy groups -OCH3 is 1. The van der Waals surface area contributed by atoms with Gasteiger partial charge < -0.3 is 15.2 Å². The summed E-state index contributed by atoms with van der Waals surface area (Å²) < 4.78 is 5.15. The van der Waals surface area contributed by atoms with Gasteiger partial charge in [-0.3, -0.25) is 15.0 Å².